The molecule has 1 atom stereocenters. The molecule has 23 heavy (non-hydrogen) atoms. The van der Waals surface area contributed by atoms with Crippen molar-refractivity contribution in [1.29, 1.82) is 0 Å². The van der Waals surface area contributed by atoms with E-state index in [1.54, 1.807) is 0 Å². The summed E-state index contributed by atoms with van der Waals surface area (Å²) < 4.78 is 12.6. The summed E-state index contributed by atoms with van der Waals surface area (Å²) in [5.41, 5.74) is 1.73. The minimum atomic E-state index is -0.324. The molecule has 3 rings (SSSR count). The molecule has 0 spiro atoms. The van der Waals surface area contributed by atoms with Crippen molar-refractivity contribution in [3.8, 4) is 0 Å². The first-order valence-corrected chi connectivity index (χ1v) is 8.20. The highest BCUT2D eigenvalue weighted by molar-refractivity contribution is 6.48. The summed E-state index contributed by atoms with van der Waals surface area (Å²) in [4.78, 5) is 0. The van der Waals surface area contributed by atoms with E-state index < -0.39 is 0 Å². The maximum absolute atomic E-state index is 6.30. The van der Waals surface area contributed by atoms with Crippen molar-refractivity contribution in [3.05, 3.63) is 78.2 Å². The molecule has 1 aliphatic rings. The van der Waals surface area contributed by atoms with Crippen molar-refractivity contribution < 1.29 is 9.31 Å². The molecule has 0 unspecified atom stereocenters. The maximum Gasteiger partial charge on any atom is 0.466 e. The molecule has 1 heterocycles. The summed E-state index contributed by atoms with van der Waals surface area (Å²) >= 11 is 0. The van der Waals surface area contributed by atoms with Gasteiger partial charge in [-0.3, -0.25) is 0 Å². The van der Waals surface area contributed by atoms with E-state index in [4.69, 9.17) is 9.31 Å². The van der Waals surface area contributed by atoms with Gasteiger partial charge in [-0.15, -0.1) is 0 Å². The smallest absolute Gasteiger partial charge is 0.403 e. The summed E-state index contributed by atoms with van der Waals surface area (Å²) in [7, 11) is -0.289. The van der Waals surface area contributed by atoms with Gasteiger partial charge >= 0.3 is 7.12 Å². The van der Waals surface area contributed by atoms with Crippen LogP contribution in [0.5, 0.6) is 0 Å². The Bertz CT molecular complexity index is 621. The van der Waals surface area contributed by atoms with Crippen LogP contribution in [0.2, 0.25) is 0 Å². The van der Waals surface area contributed by atoms with Crippen LogP contribution in [0.1, 0.15) is 44.6 Å². The zero-order valence-electron chi connectivity index (χ0n) is 14.3. The van der Waals surface area contributed by atoms with Gasteiger partial charge in [-0.1, -0.05) is 60.7 Å². The van der Waals surface area contributed by atoms with Gasteiger partial charge in [0.05, 0.1) is 11.2 Å². The fraction of sp³-hybridized carbons (Fsp3) is 0.350. The molecule has 1 aliphatic heterocycles. The Balaban J connectivity index is 1.91. The highest BCUT2D eigenvalue weighted by Gasteiger charge is 2.53. The Kier molecular flexibility index (Phi) is 4.35. The largest absolute Gasteiger partial charge is 0.466 e. The third-order valence-electron chi connectivity index (χ3n) is 4.92. The summed E-state index contributed by atoms with van der Waals surface area (Å²) in [5, 5.41) is 0. The summed E-state index contributed by atoms with van der Waals surface area (Å²) in [6.45, 7) is 8.38. The first-order valence-electron chi connectivity index (χ1n) is 8.20. The van der Waals surface area contributed by atoms with Crippen LogP contribution in [-0.2, 0) is 9.31 Å². The molecule has 2 aromatic carbocycles. The lowest BCUT2D eigenvalue weighted by Gasteiger charge is -2.32. The van der Waals surface area contributed by atoms with Crippen molar-refractivity contribution in [2.24, 2.45) is 0 Å². The van der Waals surface area contributed by atoms with Gasteiger partial charge in [0, 0.05) is 5.82 Å². The highest BCUT2D eigenvalue weighted by atomic mass is 16.7. The van der Waals surface area contributed by atoms with Crippen molar-refractivity contribution in [2.45, 2.75) is 44.7 Å². The van der Waals surface area contributed by atoms with Gasteiger partial charge in [0.1, 0.15) is 0 Å². The second-order valence-corrected chi connectivity index (χ2v) is 7.14. The molecule has 1 radical (unpaired) electrons. The molecular formula is C20H24BO2. The Morgan fingerprint density at radius 2 is 1.26 bits per heavy atom. The van der Waals surface area contributed by atoms with Gasteiger partial charge in [-0.05, 0) is 45.2 Å². The van der Waals surface area contributed by atoms with Crippen LogP contribution in [0, 0.1) is 6.42 Å². The molecule has 119 valence electrons. The molecular weight excluding hydrogens is 283 g/mol. The van der Waals surface area contributed by atoms with Gasteiger partial charge in [0.15, 0.2) is 0 Å². The zero-order chi connectivity index (χ0) is 16.5. The summed E-state index contributed by atoms with van der Waals surface area (Å²) in [6, 6.07) is 20.8. The molecule has 1 fully saturated rings. The fourth-order valence-electron chi connectivity index (χ4n) is 2.81. The molecule has 2 aromatic rings. The Hall–Kier alpha value is -1.58. The highest BCUT2D eigenvalue weighted by Crippen LogP contribution is 2.42. The normalized spacial score (nSPS) is 20.4. The van der Waals surface area contributed by atoms with Crippen molar-refractivity contribution in [2.75, 3.05) is 0 Å². The van der Waals surface area contributed by atoms with E-state index in [1.165, 1.54) is 11.1 Å². The Labute approximate surface area is 140 Å². The van der Waals surface area contributed by atoms with Crippen LogP contribution in [0.15, 0.2) is 60.7 Å². The lowest BCUT2D eigenvalue weighted by Crippen LogP contribution is -2.41. The standard InChI is InChI=1S/C20H24BO2/c1-19(2)20(3,4)23-21(22-19)18(17-13-9-6-10-14-17)15-16-11-7-5-8-12-16/h5-15,18H,1-4H3/t18-/m0/s1. The van der Waals surface area contributed by atoms with Crippen LogP contribution < -0.4 is 0 Å². The van der Waals surface area contributed by atoms with Crippen LogP contribution >= 0.6 is 0 Å². The Morgan fingerprint density at radius 1 is 0.783 bits per heavy atom. The quantitative estimate of drug-likeness (QED) is 0.765. The summed E-state index contributed by atoms with van der Waals surface area (Å²) in [6.07, 6.45) is 2.23. The van der Waals surface area contributed by atoms with E-state index in [1.807, 2.05) is 12.1 Å². The lowest BCUT2D eigenvalue weighted by atomic mass is 9.65. The lowest BCUT2D eigenvalue weighted by molar-refractivity contribution is 0.00578. The predicted octanol–water partition coefficient (Wildman–Crippen LogP) is 4.65. The molecule has 1 saturated heterocycles. The predicted molar refractivity (Wildman–Crippen MR) is 95.1 cm³/mol. The van der Waals surface area contributed by atoms with E-state index in [0.29, 0.717) is 0 Å². The van der Waals surface area contributed by atoms with E-state index in [-0.39, 0.29) is 24.1 Å². The second-order valence-electron chi connectivity index (χ2n) is 7.14. The van der Waals surface area contributed by atoms with Crippen molar-refractivity contribution in [3.63, 3.8) is 0 Å². The number of hydrogen-bond acceptors (Lipinski definition) is 2. The molecule has 0 aliphatic carbocycles. The van der Waals surface area contributed by atoms with E-state index >= 15 is 0 Å². The van der Waals surface area contributed by atoms with Crippen LogP contribution in [0.3, 0.4) is 0 Å². The van der Waals surface area contributed by atoms with E-state index in [2.05, 4.69) is 82.6 Å². The van der Waals surface area contributed by atoms with Gasteiger partial charge < -0.3 is 9.31 Å². The van der Waals surface area contributed by atoms with E-state index in [0.717, 1.165) is 0 Å². The monoisotopic (exact) mass is 307 g/mol. The van der Waals surface area contributed by atoms with Gasteiger partial charge in [-0.2, -0.15) is 0 Å². The molecule has 3 heteroatoms. The second kappa shape index (κ2) is 6.14. The van der Waals surface area contributed by atoms with Crippen LogP contribution in [0.25, 0.3) is 0 Å². The maximum atomic E-state index is 6.30. The van der Waals surface area contributed by atoms with Gasteiger partial charge in [-0.25, -0.2) is 0 Å². The SMILES string of the molecule is CC1(C)OB([C@@H]([CH]c2ccccc2)c2ccccc2)OC1(C)C. The molecule has 0 N–H and O–H groups in total. The number of benzene rings is 2. The Morgan fingerprint density at radius 3 is 1.78 bits per heavy atom. The number of rotatable bonds is 4. The third kappa shape index (κ3) is 3.36. The van der Waals surface area contributed by atoms with Crippen molar-refractivity contribution in [1.82, 2.24) is 0 Å². The van der Waals surface area contributed by atoms with Gasteiger partial charge in [0.2, 0.25) is 0 Å². The fourth-order valence-corrected chi connectivity index (χ4v) is 2.81. The van der Waals surface area contributed by atoms with E-state index in [9.17, 15) is 0 Å². The third-order valence-corrected chi connectivity index (χ3v) is 4.92. The minimum absolute atomic E-state index is 0.0552. The van der Waals surface area contributed by atoms with Crippen LogP contribution in [0.4, 0.5) is 0 Å². The first kappa shape index (κ1) is 16.3. The average molecular weight is 307 g/mol. The molecule has 0 amide bonds. The minimum Gasteiger partial charge on any atom is -0.403 e. The van der Waals surface area contributed by atoms with Crippen molar-refractivity contribution >= 4 is 7.12 Å². The zero-order valence-corrected chi connectivity index (χ0v) is 14.3. The first-order chi connectivity index (χ1) is 10.9. The summed E-state index contributed by atoms with van der Waals surface area (Å²) in [5.74, 6) is 0.0552. The number of hydrogen-bond donors (Lipinski definition) is 0. The topological polar surface area (TPSA) is 18.5 Å². The van der Waals surface area contributed by atoms with Crippen LogP contribution in [-0.4, -0.2) is 18.3 Å². The molecule has 0 aromatic heterocycles. The van der Waals surface area contributed by atoms with Gasteiger partial charge in [0.25, 0.3) is 0 Å². The molecule has 0 saturated carbocycles. The molecule has 2 nitrogen and oxygen atoms in total. The average Bonchev–Trinajstić information content (AvgIpc) is 2.75. The molecule has 0 bridgehead atoms.